The zero-order valence-electron chi connectivity index (χ0n) is 14.5. The second kappa shape index (κ2) is 7.70. The van der Waals surface area contributed by atoms with Crippen molar-refractivity contribution in [3.8, 4) is 0 Å². The SMILES string of the molecule is CCNC(=NCC1CCS(=O)(=O)C1)NC(C)c1ccc2ncsc2c1. The molecule has 0 bridgehead atoms. The van der Waals surface area contributed by atoms with Gasteiger partial charge in [-0.05, 0) is 43.9 Å². The standard InChI is InChI=1S/C17H24N4O2S2/c1-3-18-17(19-9-13-6-7-25(22,23)10-13)21-12(2)14-4-5-15-16(8-14)24-11-20-15/h4-5,8,11-13H,3,6-7,9-10H2,1-2H3,(H2,18,19,21). The molecule has 2 unspecified atom stereocenters. The molecule has 1 aliphatic rings. The molecule has 0 radical (unpaired) electrons. The first-order valence-corrected chi connectivity index (χ1v) is 11.3. The van der Waals surface area contributed by atoms with E-state index in [0.29, 0.717) is 18.7 Å². The minimum atomic E-state index is -2.85. The van der Waals surface area contributed by atoms with Crippen molar-refractivity contribution in [2.24, 2.45) is 10.9 Å². The van der Waals surface area contributed by atoms with E-state index in [1.165, 1.54) is 10.3 Å². The quantitative estimate of drug-likeness (QED) is 0.614. The highest BCUT2D eigenvalue weighted by Gasteiger charge is 2.27. The molecule has 0 spiro atoms. The fourth-order valence-electron chi connectivity index (χ4n) is 2.99. The molecule has 2 atom stereocenters. The summed E-state index contributed by atoms with van der Waals surface area (Å²) < 4.78 is 24.3. The Morgan fingerprint density at radius 2 is 2.32 bits per heavy atom. The average Bonchev–Trinajstić information content (AvgIpc) is 3.17. The molecule has 2 aromatic rings. The van der Waals surface area contributed by atoms with Crippen LogP contribution in [0.5, 0.6) is 0 Å². The molecule has 6 nitrogen and oxygen atoms in total. The van der Waals surface area contributed by atoms with Crippen molar-refractivity contribution in [3.63, 3.8) is 0 Å². The summed E-state index contributed by atoms with van der Waals surface area (Å²) in [5.74, 6) is 1.41. The Bertz CT molecular complexity index is 860. The molecule has 25 heavy (non-hydrogen) atoms. The van der Waals surface area contributed by atoms with Gasteiger partial charge in [-0.3, -0.25) is 4.99 Å². The average molecular weight is 381 g/mol. The summed E-state index contributed by atoms with van der Waals surface area (Å²) in [6.45, 7) is 5.41. The van der Waals surface area contributed by atoms with Crippen LogP contribution in [0, 0.1) is 5.92 Å². The zero-order valence-corrected chi connectivity index (χ0v) is 16.2. The van der Waals surface area contributed by atoms with Crippen molar-refractivity contribution in [2.45, 2.75) is 26.3 Å². The van der Waals surface area contributed by atoms with Gasteiger partial charge in [0.05, 0.1) is 33.3 Å². The first-order chi connectivity index (χ1) is 12.0. The molecule has 136 valence electrons. The molecule has 3 rings (SSSR count). The number of guanidine groups is 1. The molecule has 2 N–H and O–H groups in total. The van der Waals surface area contributed by atoms with Crippen molar-refractivity contribution in [2.75, 3.05) is 24.6 Å². The van der Waals surface area contributed by atoms with Crippen LogP contribution < -0.4 is 10.6 Å². The largest absolute Gasteiger partial charge is 0.357 e. The Hall–Kier alpha value is -1.67. The number of nitrogens with zero attached hydrogens (tertiary/aromatic N) is 2. The van der Waals surface area contributed by atoms with Crippen LogP contribution in [-0.2, 0) is 9.84 Å². The lowest BCUT2D eigenvalue weighted by molar-refractivity contribution is 0.588. The molecular weight excluding hydrogens is 356 g/mol. The van der Waals surface area contributed by atoms with Crippen molar-refractivity contribution in [1.82, 2.24) is 15.6 Å². The number of nitrogens with one attached hydrogen (secondary N) is 2. The lowest BCUT2D eigenvalue weighted by Gasteiger charge is -2.18. The van der Waals surface area contributed by atoms with Crippen molar-refractivity contribution in [3.05, 3.63) is 29.3 Å². The number of sulfone groups is 1. The van der Waals surface area contributed by atoms with E-state index < -0.39 is 9.84 Å². The minimum Gasteiger partial charge on any atom is -0.357 e. The molecule has 1 saturated heterocycles. The van der Waals surface area contributed by atoms with Crippen molar-refractivity contribution < 1.29 is 8.42 Å². The summed E-state index contributed by atoms with van der Waals surface area (Å²) in [4.78, 5) is 8.91. The van der Waals surface area contributed by atoms with E-state index in [9.17, 15) is 8.42 Å². The van der Waals surface area contributed by atoms with Gasteiger partial charge in [0, 0.05) is 13.1 Å². The summed E-state index contributed by atoms with van der Waals surface area (Å²) in [6, 6.07) is 6.36. The Morgan fingerprint density at radius 1 is 1.48 bits per heavy atom. The monoisotopic (exact) mass is 380 g/mol. The lowest BCUT2D eigenvalue weighted by atomic mass is 10.1. The van der Waals surface area contributed by atoms with Gasteiger partial charge < -0.3 is 10.6 Å². The first-order valence-electron chi connectivity index (χ1n) is 8.55. The smallest absolute Gasteiger partial charge is 0.191 e. The van der Waals surface area contributed by atoms with Gasteiger partial charge in [-0.1, -0.05) is 6.07 Å². The molecule has 0 aliphatic carbocycles. The van der Waals surface area contributed by atoms with Gasteiger partial charge in [0.1, 0.15) is 0 Å². The van der Waals surface area contributed by atoms with Gasteiger partial charge in [-0.25, -0.2) is 13.4 Å². The number of thiazole rings is 1. The number of hydrogen-bond acceptors (Lipinski definition) is 5. The van der Waals surface area contributed by atoms with Crippen molar-refractivity contribution in [1.29, 1.82) is 0 Å². The summed E-state index contributed by atoms with van der Waals surface area (Å²) in [6.07, 6.45) is 0.711. The van der Waals surface area contributed by atoms with Crippen molar-refractivity contribution >= 4 is 37.4 Å². The maximum Gasteiger partial charge on any atom is 0.191 e. The molecule has 1 aromatic heterocycles. The summed E-state index contributed by atoms with van der Waals surface area (Å²) in [5.41, 5.74) is 4.04. The van der Waals surface area contributed by atoms with Crippen LogP contribution >= 0.6 is 11.3 Å². The number of benzene rings is 1. The Labute approximate surface area is 152 Å². The van der Waals surface area contributed by atoms with Gasteiger partial charge in [-0.2, -0.15) is 0 Å². The van der Waals surface area contributed by atoms with Gasteiger partial charge in [-0.15, -0.1) is 11.3 Å². The molecule has 1 fully saturated rings. The third-order valence-corrected chi connectivity index (χ3v) is 7.02. The molecule has 0 amide bonds. The molecule has 0 saturated carbocycles. The predicted molar refractivity (Wildman–Crippen MR) is 104 cm³/mol. The van der Waals surface area contributed by atoms with E-state index in [-0.39, 0.29) is 17.7 Å². The van der Waals surface area contributed by atoms with Crippen LogP contribution in [0.3, 0.4) is 0 Å². The lowest BCUT2D eigenvalue weighted by Crippen LogP contribution is -2.39. The van der Waals surface area contributed by atoms with E-state index >= 15 is 0 Å². The van der Waals surface area contributed by atoms with Gasteiger partial charge in [0.15, 0.2) is 15.8 Å². The number of fused-ring (bicyclic) bond motifs is 1. The van der Waals surface area contributed by atoms with Crippen LogP contribution in [0.4, 0.5) is 0 Å². The minimum absolute atomic E-state index is 0.0941. The highest BCUT2D eigenvalue weighted by atomic mass is 32.2. The highest BCUT2D eigenvalue weighted by Crippen LogP contribution is 2.23. The Balaban J connectivity index is 1.66. The van der Waals surface area contributed by atoms with Gasteiger partial charge in [0.2, 0.25) is 0 Å². The van der Waals surface area contributed by atoms with Crippen LogP contribution in [0.2, 0.25) is 0 Å². The maximum absolute atomic E-state index is 11.6. The number of rotatable bonds is 5. The number of aromatic nitrogens is 1. The van der Waals surface area contributed by atoms with Gasteiger partial charge >= 0.3 is 0 Å². The van der Waals surface area contributed by atoms with Crippen LogP contribution in [0.15, 0.2) is 28.7 Å². The second-order valence-electron chi connectivity index (χ2n) is 6.43. The Morgan fingerprint density at radius 3 is 3.04 bits per heavy atom. The molecule has 8 heteroatoms. The molecule has 1 aliphatic heterocycles. The first kappa shape index (κ1) is 18.1. The second-order valence-corrected chi connectivity index (χ2v) is 9.55. The van der Waals surface area contributed by atoms with E-state index in [0.717, 1.165) is 18.0 Å². The Kier molecular flexibility index (Phi) is 5.58. The fraction of sp³-hybridized carbons (Fsp3) is 0.529. The highest BCUT2D eigenvalue weighted by molar-refractivity contribution is 7.91. The maximum atomic E-state index is 11.6. The van der Waals surface area contributed by atoms with E-state index in [2.05, 4.69) is 39.7 Å². The number of aliphatic imine (C=N–C) groups is 1. The predicted octanol–water partition coefficient (Wildman–Crippen LogP) is 2.35. The van der Waals surface area contributed by atoms with Crippen LogP contribution in [0.1, 0.15) is 31.9 Å². The van der Waals surface area contributed by atoms with E-state index in [1.807, 2.05) is 18.5 Å². The summed E-state index contributed by atoms with van der Waals surface area (Å²) in [5, 5.41) is 6.65. The molecule has 1 aromatic carbocycles. The fourth-order valence-corrected chi connectivity index (χ4v) is 5.56. The number of hydrogen-bond donors (Lipinski definition) is 2. The summed E-state index contributed by atoms with van der Waals surface area (Å²) in [7, 11) is -2.85. The van der Waals surface area contributed by atoms with Crippen LogP contribution in [-0.4, -0.2) is 44.0 Å². The normalized spacial score (nSPS) is 21.4. The molecule has 2 heterocycles. The summed E-state index contributed by atoms with van der Waals surface area (Å²) >= 11 is 1.63. The van der Waals surface area contributed by atoms with E-state index in [4.69, 9.17) is 0 Å². The molecular formula is C17H24N4O2S2. The third kappa shape index (κ3) is 4.70. The van der Waals surface area contributed by atoms with E-state index in [1.54, 1.807) is 11.3 Å². The third-order valence-electron chi connectivity index (χ3n) is 4.39. The van der Waals surface area contributed by atoms with Gasteiger partial charge in [0.25, 0.3) is 0 Å². The topological polar surface area (TPSA) is 83.5 Å². The van der Waals surface area contributed by atoms with Crippen LogP contribution in [0.25, 0.3) is 10.2 Å². The zero-order chi connectivity index (χ0) is 17.9.